The van der Waals surface area contributed by atoms with Crippen molar-refractivity contribution in [3.05, 3.63) is 40.5 Å². The smallest absolute Gasteiger partial charge is 0.169 e. The van der Waals surface area contributed by atoms with Crippen LogP contribution in [0.25, 0.3) is 0 Å². The van der Waals surface area contributed by atoms with E-state index in [0.29, 0.717) is 6.04 Å². The molecule has 2 heterocycles. The Morgan fingerprint density at radius 2 is 2.14 bits per heavy atom. The third-order valence-electron chi connectivity index (χ3n) is 4.31. The number of halogens is 1. The molecule has 1 saturated carbocycles. The van der Waals surface area contributed by atoms with Crippen molar-refractivity contribution in [1.82, 2.24) is 15.1 Å². The van der Waals surface area contributed by atoms with Gasteiger partial charge >= 0.3 is 0 Å². The highest BCUT2D eigenvalue weighted by Crippen LogP contribution is 2.28. The van der Waals surface area contributed by atoms with Crippen LogP contribution in [-0.4, -0.2) is 16.8 Å². The first kappa shape index (κ1) is 14.9. The molecule has 0 radical (unpaired) electrons. The van der Waals surface area contributed by atoms with E-state index in [2.05, 4.69) is 38.2 Å². The molecule has 4 nitrogen and oxygen atoms in total. The minimum Gasteiger partial charge on any atom is -0.453 e. The topological polar surface area (TPSA) is 43.0 Å². The van der Waals surface area contributed by atoms with Crippen molar-refractivity contribution in [1.29, 1.82) is 0 Å². The summed E-state index contributed by atoms with van der Waals surface area (Å²) in [5.41, 5.74) is 1.12. The molecule has 1 atom stereocenters. The Labute approximate surface area is 134 Å². The van der Waals surface area contributed by atoms with Crippen LogP contribution in [-0.2, 0) is 6.42 Å². The highest BCUT2D eigenvalue weighted by atomic mass is 79.9. The Bertz CT molecular complexity index is 572. The Kier molecular flexibility index (Phi) is 4.80. The summed E-state index contributed by atoms with van der Waals surface area (Å²) in [7, 11) is 1.96. The summed E-state index contributed by atoms with van der Waals surface area (Å²) < 4.78 is 8.59. The van der Waals surface area contributed by atoms with Crippen LogP contribution >= 0.6 is 15.9 Å². The van der Waals surface area contributed by atoms with Crippen LogP contribution in [0.1, 0.15) is 55.6 Å². The minimum atomic E-state index is 0.158. The quantitative estimate of drug-likeness (QED) is 0.875. The molecule has 1 fully saturated rings. The second-order valence-electron chi connectivity index (χ2n) is 5.77. The number of likely N-dealkylation sites (N-methyl/N-ethyl adjacent to an activating group) is 1. The van der Waals surface area contributed by atoms with Gasteiger partial charge in [0.05, 0.1) is 17.8 Å². The summed E-state index contributed by atoms with van der Waals surface area (Å²) in [4.78, 5) is 0. The van der Waals surface area contributed by atoms with Crippen molar-refractivity contribution in [3.8, 4) is 0 Å². The zero-order valence-electron chi connectivity index (χ0n) is 12.4. The fraction of sp³-hybridized carbons (Fsp3) is 0.562. The van der Waals surface area contributed by atoms with Crippen LogP contribution in [0.3, 0.4) is 0 Å². The van der Waals surface area contributed by atoms with Gasteiger partial charge in [0.15, 0.2) is 4.67 Å². The standard InChI is InChI=1S/C16H22BrN3O/c1-18-14(15-7-8-16(17)21-15)11-12-9-10-20(19-12)13-5-3-2-4-6-13/h7-10,13-14,18H,2-6,11H2,1H3. The van der Waals surface area contributed by atoms with Crippen LogP contribution in [0.2, 0.25) is 0 Å². The molecular weight excluding hydrogens is 330 g/mol. The van der Waals surface area contributed by atoms with E-state index < -0.39 is 0 Å². The van der Waals surface area contributed by atoms with Crippen molar-refractivity contribution >= 4 is 15.9 Å². The van der Waals surface area contributed by atoms with Crippen LogP contribution in [0.4, 0.5) is 0 Å². The summed E-state index contributed by atoms with van der Waals surface area (Å²) in [6, 6.07) is 6.82. The number of aromatic nitrogens is 2. The average molecular weight is 352 g/mol. The number of rotatable bonds is 5. The molecule has 0 saturated heterocycles. The molecule has 0 aromatic carbocycles. The van der Waals surface area contributed by atoms with Gasteiger partial charge in [-0.3, -0.25) is 4.68 Å². The van der Waals surface area contributed by atoms with Crippen LogP contribution in [0.5, 0.6) is 0 Å². The van der Waals surface area contributed by atoms with Gasteiger partial charge in [-0.1, -0.05) is 19.3 Å². The van der Waals surface area contributed by atoms with Crippen molar-refractivity contribution < 1.29 is 4.42 Å². The van der Waals surface area contributed by atoms with E-state index in [1.807, 2.05) is 19.2 Å². The molecule has 0 amide bonds. The zero-order chi connectivity index (χ0) is 14.7. The van der Waals surface area contributed by atoms with Gasteiger partial charge in [-0.2, -0.15) is 5.10 Å². The van der Waals surface area contributed by atoms with Crippen LogP contribution in [0.15, 0.2) is 33.5 Å². The molecule has 114 valence electrons. The zero-order valence-corrected chi connectivity index (χ0v) is 14.0. The van der Waals surface area contributed by atoms with Gasteiger partial charge in [0, 0.05) is 12.6 Å². The van der Waals surface area contributed by atoms with E-state index in [-0.39, 0.29) is 6.04 Å². The molecule has 1 aliphatic carbocycles. The van der Waals surface area contributed by atoms with E-state index >= 15 is 0 Å². The number of hydrogen-bond acceptors (Lipinski definition) is 3. The number of hydrogen-bond donors (Lipinski definition) is 1. The Morgan fingerprint density at radius 3 is 2.81 bits per heavy atom. The molecule has 0 spiro atoms. The summed E-state index contributed by atoms with van der Waals surface area (Å²) in [5, 5.41) is 8.08. The third kappa shape index (κ3) is 3.58. The van der Waals surface area contributed by atoms with Gasteiger partial charge in [-0.25, -0.2) is 0 Å². The van der Waals surface area contributed by atoms with E-state index in [1.165, 1.54) is 32.1 Å². The first-order chi connectivity index (χ1) is 10.3. The van der Waals surface area contributed by atoms with Crippen molar-refractivity contribution in [2.75, 3.05) is 7.05 Å². The average Bonchev–Trinajstić information content (AvgIpc) is 3.15. The van der Waals surface area contributed by atoms with Crippen LogP contribution in [0, 0.1) is 0 Å². The van der Waals surface area contributed by atoms with E-state index in [9.17, 15) is 0 Å². The second kappa shape index (κ2) is 6.79. The maximum absolute atomic E-state index is 5.65. The first-order valence-electron chi connectivity index (χ1n) is 7.73. The predicted octanol–water partition coefficient (Wildman–Crippen LogP) is 4.25. The fourth-order valence-corrected chi connectivity index (χ4v) is 3.42. The lowest BCUT2D eigenvalue weighted by Crippen LogP contribution is -2.19. The maximum atomic E-state index is 5.65. The van der Waals surface area contributed by atoms with Gasteiger partial charge in [0.1, 0.15) is 5.76 Å². The maximum Gasteiger partial charge on any atom is 0.169 e. The van der Waals surface area contributed by atoms with E-state index in [4.69, 9.17) is 9.52 Å². The molecule has 2 aromatic rings. The number of nitrogens with one attached hydrogen (secondary N) is 1. The molecule has 3 rings (SSSR count). The highest BCUT2D eigenvalue weighted by Gasteiger charge is 2.19. The number of nitrogens with zero attached hydrogens (tertiary/aromatic N) is 2. The van der Waals surface area contributed by atoms with Gasteiger partial charge in [-0.15, -0.1) is 0 Å². The Hall–Kier alpha value is -1.07. The second-order valence-corrected chi connectivity index (χ2v) is 6.55. The molecule has 0 aliphatic heterocycles. The first-order valence-corrected chi connectivity index (χ1v) is 8.52. The molecule has 1 N–H and O–H groups in total. The van der Waals surface area contributed by atoms with Crippen molar-refractivity contribution in [2.45, 2.75) is 50.6 Å². The highest BCUT2D eigenvalue weighted by molar-refractivity contribution is 9.10. The summed E-state index contributed by atoms with van der Waals surface area (Å²) >= 11 is 3.36. The predicted molar refractivity (Wildman–Crippen MR) is 86.3 cm³/mol. The largest absolute Gasteiger partial charge is 0.453 e. The fourth-order valence-electron chi connectivity index (χ4n) is 3.10. The molecule has 1 aliphatic rings. The molecule has 0 bridgehead atoms. The van der Waals surface area contributed by atoms with Gasteiger partial charge < -0.3 is 9.73 Å². The molecular formula is C16H22BrN3O. The summed E-state index contributed by atoms with van der Waals surface area (Å²) in [6.07, 6.45) is 9.55. The summed E-state index contributed by atoms with van der Waals surface area (Å²) in [6.45, 7) is 0. The number of furan rings is 1. The van der Waals surface area contributed by atoms with Crippen LogP contribution < -0.4 is 5.32 Å². The lowest BCUT2D eigenvalue weighted by molar-refractivity contribution is 0.327. The van der Waals surface area contributed by atoms with Gasteiger partial charge in [0.2, 0.25) is 0 Å². The minimum absolute atomic E-state index is 0.158. The lowest BCUT2D eigenvalue weighted by atomic mass is 9.96. The monoisotopic (exact) mass is 351 g/mol. The van der Waals surface area contributed by atoms with Gasteiger partial charge in [-0.05, 0) is 54.0 Å². The Balaban J connectivity index is 1.68. The van der Waals surface area contributed by atoms with E-state index in [1.54, 1.807) is 0 Å². The molecule has 2 aromatic heterocycles. The molecule has 21 heavy (non-hydrogen) atoms. The third-order valence-corrected chi connectivity index (χ3v) is 4.74. The Morgan fingerprint density at radius 1 is 1.33 bits per heavy atom. The van der Waals surface area contributed by atoms with Gasteiger partial charge in [0.25, 0.3) is 0 Å². The van der Waals surface area contributed by atoms with E-state index in [0.717, 1.165) is 22.5 Å². The SMILES string of the molecule is CNC(Cc1ccn(C2CCCCC2)n1)c1ccc(Br)o1. The summed E-state index contributed by atoms with van der Waals surface area (Å²) in [5.74, 6) is 0.941. The molecule has 1 unspecified atom stereocenters. The lowest BCUT2D eigenvalue weighted by Gasteiger charge is -2.21. The molecule has 5 heteroatoms. The normalized spacial score (nSPS) is 18.0. The van der Waals surface area contributed by atoms with Crippen molar-refractivity contribution in [3.63, 3.8) is 0 Å². The van der Waals surface area contributed by atoms with Crippen molar-refractivity contribution in [2.24, 2.45) is 0 Å².